The van der Waals surface area contributed by atoms with E-state index in [2.05, 4.69) is 52.0 Å². The van der Waals surface area contributed by atoms with Crippen molar-refractivity contribution in [2.75, 3.05) is 38.3 Å². The van der Waals surface area contributed by atoms with Gasteiger partial charge in [-0.1, -0.05) is 6.07 Å². The molecule has 2 fully saturated rings. The van der Waals surface area contributed by atoms with Gasteiger partial charge >= 0.3 is 6.16 Å². The predicted molar refractivity (Wildman–Crippen MR) is 181 cm³/mol. The van der Waals surface area contributed by atoms with Gasteiger partial charge in [0.05, 0.1) is 30.4 Å². The Morgan fingerprint density at radius 1 is 1.20 bits per heavy atom. The van der Waals surface area contributed by atoms with Crippen molar-refractivity contribution in [1.82, 2.24) is 35.5 Å². The van der Waals surface area contributed by atoms with Crippen LogP contribution in [-0.4, -0.2) is 81.4 Å². The molecule has 0 aromatic carbocycles. The van der Waals surface area contributed by atoms with Gasteiger partial charge < -0.3 is 29.6 Å². The second kappa shape index (κ2) is 17.5. The van der Waals surface area contributed by atoms with Crippen molar-refractivity contribution in [3.8, 4) is 17.3 Å². The Hall–Kier alpha value is -4.19. The van der Waals surface area contributed by atoms with Gasteiger partial charge in [-0.15, -0.1) is 15.0 Å². The van der Waals surface area contributed by atoms with E-state index in [9.17, 15) is 10.1 Å². The maximum absolute atomic E-state index is 11.5. The van der Waals surface area contributed by atoms with Gasteiger partial charge in [-0.25, -0.2) is 9.78 Å². The standard InChI is InChI=1S/C35H49N9O5/c1-5-48-34(45)49-26(4)44-42-33(41-43-44)21-47-20-25(3)39-28-11-9-27(10-12-28)17-29-18-30(24(2)19-37-29)31-7-6-8-32(40-31)38-23-35(22-36)13-15-46-16-14-35/h6-8,18-19,25-28,39H,5,9-17,20-21,23H2,1-4H3,(H,38,40)/t25-,26-,27?,28?/m0/s1. The minimum absolute atomic E-state index is 0.170. The summed E-state index contributed by atoms with van der Waals surface area (Å²) in [5.41, 5.74) is 3.77. The summed E-state index contributed by atoms with van der Waals surface area (Å²) in [6.07, 6.45) is 7.35. The number of aromatic nitrogens is 6. The van der Waals surface area contributed by atoms with Crippen LogP contribution in [0.15, 0.2) is 30.5 Å². The van der Waals surface area contributed by atoms with Crippen LogP contribution in [0.25, 0.3) is 11.3 Å². The molecule has 2 atom stereocenters. The van der Waals surface area contributed by atoms with E-state index in [4.69, 9.17) is 28.9 Å². The van der Waals surface area contributed by atoms with Gasteiger partial charge in [-0.2, -0.15) is 5.26 Å². The molecule has 0 radical (unpaired) electrons. The topological polar surface area (TPSA) is 171 Å². The van der Waals surface area contributed by atoms with Crippen LogP contribution in [-0.2, 0) is 32.0 Å². The fourth-order valence-corrected chi connectivity index (χ4v) is 6.40. The van der Waals surface area contributed by atoms with Crippen molar-refractivity contribution in [2.45, 2.75) is 97.6 Å². The first kappa shape index (κ1) is 36.1. The van der Waals surface area contributed by atoms with Crippen LogP contribution >= 0.6 is 0 Å². The molecule has 3 aromatic rings. The first-order chi connectivity index (χ1) is 23.8. The molecule has 0 unspecified atom stereocenters. The molecule has 2 aliphatic rings. The monoisotopic (exact) mass is 675 g/mol. The lowest BCUT2D eigenvalue weighted by molar-refractivity contribution is -0.00552. The van der Waals surface area contributed by atoms with Crippen LogP contribution < -0.4 is 10.6 Å². The van der Waals surface area contributed by atoms with Crippen molar-refractivity contribution >= 4 is 12.0 Å². The van der Waals surface area contributed by atoms with Crippen molar-refractivity contribution in [3.05, 3.63) is 47.5 Å². The molecule has 5 rings (SSSR count). The first-order valence-corrected chi connectivity index (χ1v) is 17.4. The van der Waals surface area contributed by atoms with Gasteiger partial charge in [0, 0.05) is 49.3 Å². The second-order valence-electron chi connectivity index (χ2n) is 13.2. The quantitative estimate of drug-likeness (QED) is 0.203. The minimum atomic E-state index is -0.776. The predicted octanol–water partition coefficient (Wildman–Crippen LogP) is 5.16. The lowest BCUT2D eigenvalue weighted by Gasteiger charge is -2.31. The number of pyridine rings is 2. The molecule has 1 saturated carbocycles. The summed E-state index contributed by atoms with van der Waals surface area (Å²) >= 11 is 0. The Kier molecular flexibility index (Phi) is 12.9. The van der Waals surface area contributed by atoms with Crippen molar-refractivity contribution in [3.63, 3.8) is 0 Å². The van der Waals surface area contributed by atoms with Crippen molar-refractivity contribution < 1.29 is 23.7 Å². The average molecular weight is 676 g/mol. The molecular formula is C35H49N9O5. The zero-order valence-electron chi connectivity index (χ0n) is 29.1. The summed E-state index contributed by atoms with van der Waals surface area (Å²) in [6.45, 7) is 10.3. The normalized spacial score (nSPS) is 20.1. The molecule has 1 saturated heterocycles. The number of ether oxygens (including phenoxy) is 4. The Morgan fingerprint density at radius 2 is 2.00 bits per heavy atom. The van der Waals surface area contributed by atoms with Gasteiger partial charge in [0.2, 0.25) is 12.1 Å². The van der Waals surface area contributed by atoms with Crippen LogP contribution in [0.4, 0.5) is 10.6 Å². The Balaban J connectivity index is 1.04. The van der Waals surface area contributed by atoms with E-state index in [1.165, 1.54) is 4.80 Å². The lowest BCUT2D eigenvalue weighted by atomic mass is 9.82. The van der Waals surface area contributed by atoms with Crippen LogP contribution in [0.1, 0.15) is 82.6 Å². The number of hydrogen-bond acceptors (Lipinski definition) is 13. The highest BCUT2D eigenvalue weighted by Gasteiger charge is 2.32. The molecule has 3 aromatic heterocycles. The molecule has 0 bridgehead atoms. The largest absolute Gasteiger partial charge is 0.510 e. The highest BCUT2D eigenvalue weighted by atomic mass is 16.7. The number of carbonyl (C=O) groups is 1. The first-order valence-electron chi connectivity index (χ1n) is 17.4. The van der Waals surface area contributed by atoms with E-state index in [0.717, 1.165) is 73.3 Å². The number of carbonyl (C=O) groups excluding carboxylic acids is 1. The minimum Gasteiger partial charge on any atom is -0.435 e. The molecule has 49 heavy (non-hydrogen) atoms. The molecule has 1 aliphatic heterocycles. The molecule has 2 N–H and O–H groups in total. The van der Waals surface area contributed by atoms with Gasteiger partial charge in [-0.3, -0.25) is 4.98 Å². The molecule has 14 heteroatoms. The fourth-order valence-electron chi connectivity index (χ4n) is 6.40. The summed E-state index contributed by atoms with van der Waals surface area (Å²) in [6, 6.07) is 11.3. The Morgan fingerprint density at radius 3 is 2.76 bits per heavy atom. The van der Waals surface area contributed by atoms with Crippen molar-refractivity contribution in [2.24, 2.45) is 11.3 Å². The van der Waals surface area contributed by atoms with Crippen LogP contribution in [0.2, 0.25) is 0 Å². The van der Waals surface area contributed by atoms with E-state index in [1.807, 2.05) is 24.4 Å². The molecule has 14 nitrogen and oxygen atoms in total. The summed E-state index contributed by atoms with van der Waals surface area (Å²) < 4.78 is 21.2. The third-order valence-corrected chi connectivity index (χ3v) is 9.27. The summed E-state index contributed by atoms with van der Waals surface area (Å²) in [5, 5.41) is 29.1. The highest BCUT2D eigenvalue weighted by Crippen LogP contribution is 2.31. The highest BCUT2D eigenvalue weighted by molar-refractivity contribution is 5.65. The number of nitriles is 1. The fraction of sp³-hybridized carbons (Fsp3) is 0.629. The van der Waals surface area contributed by atoms with E-state index in [0.29, 0.717) is 44.1 Å². The molecule has 4 heterocycles. The molecular weight excluding hydrogens is 626 g/mol. The zero-order valence-corrected chi connectivity index (χ0v) is 29.1. The van der Waals surface area contributed by atoms with Crippen LogP contribution in [0, 0.1) is 29.6 Å². The third-order valence-electron chi connectivity index (χ3n) is 9.27. The van der Waals surface area contributed by atoms with Gasteiger partial charge in [-0.05, 0) is 108 Å². The summed E-state index contributed by atoms with van der Waals surface area (Å²) in [7, 11) is 0. The van der Waals surface area contributed by atoms with Crippen LogP contribution in [0.3, 0.4) is 0 Å². The van der Waals surface area contributed by atoms with E-state index >= 15 is 0 Å². The van der Waals surface area contributed by atoms with Gasteiger partial charge in [0.1, 0.15) is 12.4 Å². The number of tetrazole rings is 1. The Labute approximate surface area is 288 Å². The van der Waals surface area contributed by atoms with Gasteiger partial charge in [0.25, 0.3) is 0 Å². The Bertz CT molecular complexity index is 1550. The lowest BCUT2D eigenvalue weighted by Crippen LogP contribution is -2.41. The third kappa shape index (κ3) is 10.4. The average Bonchev–Trinajstić information content (AvgIpc) is 3.59. The van der Waals surface area contributed by atoms with Crippen LogP contribution in [0.5, 0.6) is 0 Å². The zero-order chi connectivity index (χ0) is 34.6. The van der Waals surface area contributed by atoms with E-state index in [-0.39, 0.29) is 19.3 Å². The second-order valence-corrected chi connectivity index (χ2v) is 13.2. The number of anilines is 1. The maximum Gasteiger partial charge on any atom is 0.510 e. The molecule has 1 aliphatic carbocycles. The number of aryl methyl sites for hydroxylation is 1. The molecule has 264 valence electrons. The number of hydrogen-bond donors (Lipinski definition) is 2. The van der Waals surface area contributed by atoms with Gasteiger partial charge in [0.15, 0.2) is 0 Å². The van der Waals surface area contributed by atoms with E-state index in [1.54, 1.807) is 13.8 Å². The van der Waals surface area contributed by atoms with Crippen molar-refractivity contribution in [1.29, 1.82) is 5.26 Å². The number of nitrogens with zero attached hydrogens (tertiary/aromatic N) is 7. The SMILES string of the molecule is CCOC(=O)O[C@@H](C)n1nnc(COC[C@H](C)NC2CCC(Cc3cc(-c4cccc(NCC5(C#N)CCOCC5)n4)c(C)cn3)CC2)n1. The number of nitrogens with one attached hydrogen (secondary N) is 2. The molecule has 0 amide bonds. The van der Waals surface area contributed by atoms with E-state index < -0.39 is 17.8 Å². The smallest absolute Gasteiger partial charge is 0.435 e. The molecule has 0 spiro atoms. The number of rotatable bonds is 15. The summed E-state index contributed by atoms with van der Waals surface area (Å²) in [4.78, 5) is 22.4. The maximum atomic E-state index is 11.5. The summed E-state index contributed by atoms with van der Waals surface area (Å²) in [5.74, 6) is 1.78.